The second-order valence-corrected chi connectivity index (χ2v) is 6.16. The molecule has 2 rings (SSSR count). The van der Waals surface area contributed by atoms with Crippen LogP contribution < -0.4 is 14.8 Å². The monoisotopic (exact) mass is 421 g/mol. The molecule has 0 heterocycles. The van der Waals surface area contributed by atoms with Crippen molar-refractivity contribution in [2.45, 2.75) is 20.4 Å². The van der Waals surface area contributed by atoms with Crippen LogP contribution in [0.5, 0.6) is 11.5 Å². The maximum Gasteiger partial charge on any atom is 0.175 e. The average Bonchev–Trinajstić information content (AvgIpc) is 2.54. The number of rotatable bonds is 7. The van der Waals surface area contributed by atoms with Crippen molar-refractivity contribution < 1.29 is 9.47 Å². The van der Waals surface area contributed by atoms with Crippen LogP contribution in [0.25, 0.3) is 0 Å². The molecule has 0 unspecified atom stereocenters. The van der Waals surface area contributed by atoms with Gasteiger partial charge >= 0.3 is 0 Å². The Morgan fingerprint density at radius 1 is 1.22 bits per heavy atom. The van der Waals surface area contributed by atoms with E-state index in [9.17, 15) is 0 Å². The van der Waals surface area contributed by atoms with Gasteiger partial charge in [0.2, 0.25) is 0 Å². The number of hydrogen-bond acceptors (Lipinski definition) is 3. The Morgan fingerprint density at radius 2 is 2.00 bits per heavy atom. The lowest BCUT2D eigenvalue weighted by Gasteiger charge is -2.15. The molecule has 23 heavy (non-hydrogen) atoms. The van der Waals surface area contributed by atoms with E-state index < -0.39 is 0 Å². The van der Waals surface area contributed by atoms with Crippen molar-refractivity contribution in [3.05, 3.63) is 51.1 Å². The van der Waals surface area contributed by atoms with Gasteiger partial charge in [0.1, 0.15) is 6.61 Å². The average molecular weight is 421 g/mol. The number of halogens is 1. The molecule has 0 aromatic heterocycles. The lowest BCUT2D eigenvalue weighted by Crippen LogP contribution is -2.05. The standard InChI is InChI=1S/C19H20INO2/c1-4-10-23-19-16(20)11-15(12-18(19)22-5-2)13-21-17-9-7-6-8-14(17)3/h1,6-9,11-12,21H,5,10,13H2,2-3H3. The van der Waals surface area contributed by atoms with Crippen molar-refractivity contribution in [3.8, 4) is 23.8 Å². The molecule has 0 aliphatic carbocycles. The summed E-state index contributed by atoms with van der Waals surface area (Å²) in [5, 5.41) is 3.46. The minimum atomic E-state index is 0.233. The summed E-state index contributed by atoms with van der Waals surface area (Å²) in [6.07, 6.45) is 5.28. The van der Waals surface area contributed by atoms with Gasteiger partial charge < -0.3 is 14.8 Å². The Morgan fingerprint density at radius 3 is 2.70 bits per heavy atom. The summed E-state index contributed by atoms with van der Waals surface area (Å²) >= 11 is 2.25. The maximum absolute atomic E-state index is 5.71. The summed E-state index contributed by atoms with van der Waals surface area (Å²) in [6, 6.07) is 12.3. The van der Waals surface area contributed by atoms with Crippen LogP contribution in [0.15, 0.2) is 36.4 Å². The third kappa shape index (κ3) is 4.80. The van der Waals surface area contributed by atoms with Gasteiger partial charge in [-0.15, -0.1) is 6.42 Å². The first-order chi connectivity index (χ1) is 11.2. The van der Waals surface area contributed by atoms with Crippen LogP contribution in [0.4, 0.5) is 5.69 Å². The molecule has 1 N–H and O–H groups in total. The van der Waals surface area contributed by atoms with Crippen molar-refractivity contribution in [3.63, 3.8) is 0 Å². The van der Waals surface area contributed by atoms with E-state index in [1.807, 2.05) is 25.1 Å². The molecule has 3 nitrogen and oxygen atoms in total. The van der Waals surface area contributed by atoms with E-state index in [1.165, 1.54) is 5.56 Å². The molecule has 0 radical (unpaired) electrons. The van der Waals surface area contributed by atoms with Crippen molar-refractivity contribution in [2.24, 2.45) is 0 Å². The van der Waals surface area contributed by atoms with Crippen molar-refractivity contribution in [2.75, 3.05) is 18.5 Å². The molecule has 0 fully saturated rings. The van der Waals surface area contributed by atoms with E-state index in [1.54, 1.807) is 0 Å². The van der Waals surface area contributed by atoms with Crippen LogP contribution in [0.1, 0.15) is 18.1 Å². The van der Waals surface area contributed by atoms with Gasteiger partial charge in [-0.3, -0.25) is 0 Å². The fourth-order valence-electron chi connectivity index (χ4n) is 2.21. The highest BCUT2D eigenvalue weighted by molar-refractivity contribution is 14.1. The highest BCUT2D eigenvalue weighted by atomic mass is 127. The topological polar surface area (TPSA) is 30.5 Å². The molecule has 0 amide bonds. The van der Waals surface area contributed by atoms with Crippen molar-refractivity contribution in [1.29, 1.82) is 0 Å². The lowest BCUT2D eigenvalue weighted by atomic mass is 10.1. The smallest absolute Gasteiger partial charge is 0.175 e. The van der Waals surface area contributed by atoms with Gasteiger partial charge in [-0.05, 0) is 65.8 Å². The van der Waals surface area contributed by atoms with Gasteiger partial charge in [-0.2, -0.15) is 0 Å². The van der Waals surface area contributed by atoms with Gasteiger partial charge in [0.05, 0.1) is 10.2 Å². The van der Waals surface area contributed by atoms with Crippen LogP contribution >= 0.6 is 22.6 Å². The molecule has 0 atom stereocenters. The largest absolute Gasteiger partial charge is 0.490 e. The van der Waals surface area contributed by atoms with Crippen LogP contribution in [0.2, 0.25) is 0 Å². The number of benzene rings is 2. The zero-order valence-corrected chi connectivity index (χ0v) is 15.5. The van der Waals surface area contributed by atoms with E-state index in [0.717, 1.165) is 27.1 Å². The summed E-state index contributed by atoms with van der Waals surface area (Å²) in [5.41, 5.74) is 3.49. The molecule has 2 aromatic rings. The first-order valence-corrected chi connectivity index (χ1v) is 8.54. The molecule has 0 bridgehead atoms. The molecule has 0 saturated heterocycles. The Labute approximate surface area is 151 Å². The Balaban J connectivity index is 2.19. The number of hydrogen-bond donors (Lipinski definition) is 1. The molecular formula is C19H20INO2. The second kappa shape index (κ2) is 8.68. The molecular weight excluding hydrogens is 401 g/mol. The first-order valence-electron chi connectivity index (χ1n) is 7.46. The van der Waals surface area contributed by atoms with Crippen molar-refractivity contribution >= 4 is 28.3 Å². The van der Waals surface area contributed by atoms with E-state index in [2.05, 4.69) is 59.0 Å². The summed E-state index contributed by atoms with van der Waals surface area (Å²) in [7, 11) is 0. The Bertz CT molecular complexity index is 707. The molecule has 0 aliphatic rings. The number of ether oxygens (including phenoxy) is 2. The molecule has 0 saturated carbocycles. The minimum Gasteiger partial charge on any atom is -0.490 e. The second-order valence-electron chi connectivity index (χ2n) is 5.00. The highest BCUT2D eigenvalue weighted by Gasteiger charge is 2.12. The number of anilines is 1. The van der Waals surface area contributed by atoms with Crippen molar-refractivity contribution in [1.82, 2.24) is 0 Å². The van der Waals surface area contributed by atoms with Crippen LogP contribution in [0, 0.1) is 22.8 Å². The Hall–Kier alpha value is -1.87. The molecule has 120 valence electrons. The maximum atomic E-state index is 5.71. The van der Waals surface area contributed by atoms with Crippen LogP contribution in [-0.4, -0.2) is 13.2 Å². The zero-order valence-electron chi connectivity index (χ0n) is 13.4. The van der Waals surface area contributed by atoms with E-state index >= 15 is 0 Å². The lowest BCUT2D eigenvalue weighted by molar-refractivity contribution is 0.297. The fourth-order valence-corrected chi connectivity index (χ4v) is 3.03. The van der Waals surface area contributed by atoms with Crippen LogP contribution in [-0.2, 0) is 6.54 Å². The quantitative estimate of drug-likeness (QED) is 0.523. The predicted octanol–water partition coefficient (Wildman–Crippen LogP) is 4.62. The predicted molar refractivity (Wildman–Crippen MR) is 103 cm³/mol. The van der Waals surface area contributed by atoms with Crippen LogP contribution in [0.3, 0.4) is 0 Å². The summed E-state index contributed by atoms with van der Waals surface area (Å²) in [5.74, 6) is 3.93. The molecule has 4 heteroatoms. The van der Waals surface area contributed by atoms with Gasteiger partial charge in [-0.1, -0.05) is 24.1 Å². The minimum absolute atomic E-state index is 0.233. The SMILES string of the molecule is C#CCOc1c(I)cc(CNc2ccccc2C)cc1OCC. The molecule has 0 spiro atoms. The number of terminal acetylenes is 1. The Kier molecular flexibility index (Phi) is 6.60. The third-order valence-corrected chi connectivity index (χ3v) is 4.10. The summed E-state index contributed by atoms with van der Waals surface area (Å²) < 4.78 is 12.3. The fraction of sp³-hybridized carbons (Fsp3) is 0.263. The molecule has 2 aromatic carbocycles. The number of para-hydroxylation sites is 1. The highest BCUT2D eigenvalue weighted by Crippen LogP contribution is 2.34. The third-order valence-electron chi connectivity index (χ3n) is 3.30. The summed E-state index contributed by atoms with van der Waals surface area (Å²) in [4.78, 5) is 0. The number of nitrogens with one attached hydrogen (secondary N) is 1. The first kappa shape index (κ1) is 17.5. The number of aryl methyl sites for hydroxylation is 1. The molecule has 0 aliphatic heterocycles. The normalized spacial score (nSPS) is 10.0. The van der Waals surface area contributed by atoms with E-state index in [4.69, 9.17) is 15.9 Å². The van der Waals surface area contributed by atoms with E-state index in [-0.39, 0.29) is 6.61 Å². The zero-order chi connectivity index (χ0) is 16.7. The van der Waals surface area contributed by atoms with E-state index in [0.29, 0.717) is 12.4 Å². The van der Waals surface area contributed by atoms with Gasteiger partial charge in [0.25, 0.3) is 0 Å². The summed E-state index contributed by atoms with van der Waals surface area (Å²) in [6.45, 7) is 5.58. The van der Waals surface area contributed by atoms with Gasteiger partial charge in [0.15, 0.2) is 11.5 Å². The van der Waals surface area contributed by atoms with Gasteiger partial charge in [0, 0.05) is 12.2 Å². The van der Waals surface area contributed by atoms with Gasteiger partial charge in [-0.25, -0.2) is 0 Å².